The summed E-state index contributed by atoms with van der Waals surface area (Å²) in [5.74, 6) is 0.605. The molecule has 2 aliphatic rings. The number of nitrogens with zero attached hydrogens (tertiary/aromatic N) is 2. The van der Waals surface area contributed by atoms with Crippen molar-refractivity contribution in [1.82, 2.24) is 9.88 Å². The third-order valence-corrected chi connectivity index (χ3v) is 4.40. The van der Waals surface area contributed by atoms with E-state index in [0.717, 1.165) is 31.5 Å². The van der Waals surface area contributed by atoms with Crippen molar-refractivity contribution >= 4 is 29.5 Å². The summed E-state index contributed by atoms with van der Waals surface area (Å²) in [5.41, 5.74) is 0.680. The van der Waals surface area contributed by atoms with Crippen molar-refractivity contribution < 1.29 is 9.90 Å². The first kappa shape index (κ1) is 15.3. The minimum atomic E-state index is -0.986. The van der Waals surface area contributed by atoms with Gasteiger partial charge in [0.1, 0.15) is 5.82 Å². The Bertz CT molecular complexity index is 587. The van der Waals surface area contributed by atoms with E-state index in [1.54, 1.807) is 12.3 Å². The number of aliphatic carboxylic acids is 1. The van der Waals surface area contributed by atoms with Crippen LogP contribution in [0.15, 0.2) is 18.3 Å². The Morgan fingerprint density at radius 1 is 1.50 bits per heavy atom. The first-order chi connectivity index (χ1) is 10.6. The lowest BCUT2D eigenvalue weighted by Gasteiger charge is -2.17. The highest BCUT2D eigenvalue weighted by atomic mass is 35.5. The average Bonchev–Trinajstić information content (AvgIpc) is 3.18. The molecule has 1 aromatic rings. The van der Waals surface area contributed by atoms with Crippen molar-refractivity contribution in [3.63, 3.8) is 0 Å². The van der Waals surface area contributed by atoms with E-state index >= 15 is 0 Å². The lowest BCUT2D eigenvalue weighted by atomic mass is 10.2. The fourth-order valence-electron chi connectivity index (χ4n) is 2.79. The number of rotatable bonds is 6. The number of hydrogen-bond acceptors (Lipinski definition) is 4. The van der Waals surface area contributed by atoms with E-state index in [1.165, 1.54) is 25.5 Å². The number of pyridine rings is 1. The van der Waals surface area contributed by atoms with Gasteiger partial charge in [0, 0.05) is 37.9 Å². The smallest absolute Gasteiger partial charge is 0.328 e. The monoisotopic (exact) mass is 321 g/mol. The molecule has 0 amide bonds. The Morgan fingerprint density at radius 3 is 3.00 bits per heavy atom. The molecule has 1 saturated carbocycles. The van der Waals surface area contributed by atoms with Crippen molar-refractivity contribution in [2.75, 3.05) is 25.0 Å². The fraction of sp³-hybridized carbons (Fsp3) is 0.500. The van der Waals surface area contributed by atoms with Crippen LogP contribution in [0.2, 0.25) is 5.02 Å². The van der Waals surface area contributed by atoms with E-state index in [4.69, 9.17) is 16.7 Å². The van der Waals surface area contributed by atoms with Gasteiger partial charge < -0.3 is 15.3 Å². The number of halogens is 1. The highest BCUT2D eigenvalue weighted by Gasteiger charge is 2.29. The maximum absolute atomic E-state index is 10.5. The number of aromatic nitrogens is 1. The van der Waals surface area contributed by atoms with Crippen LogP contribution in [0.3, 0.4) is 0 Å². The zero-order valence-electron chi connectivity index (χ0n) is 12.3. The normalized spacial score (nSPS) is 22.3. The van der Waals surface area contributed by atoms with Gasteiger partial charge in [0.2, 0.25) is 0 Å². The Labute approximate surface area is 135 Å². The molecule has 0 bridgehead atoms. The number of carboxylic acids is 1. The molecule has 0 spiro atoms. The second kappa shape index (κ2) is 6.67. The summed E-state index contributed by atoms with van der Waals surface area (Å²) in [6.45, 7) is 3.39. The lowest BCUT2D eigenvalue weighted by molar-refractivity contribution is -0.131. The third kappa shape index (κ3) is 4.21. The number of likely N-dealkylation sites (tertiary alicyclic amines) is 1. The van der Waals surface area contributed by atoms with Crippen LogP contribution in [0.1, 0.15) is 24.8 Å². The molecule has 0 aromatic carbocycles. The highest BCUT2D eigenvalue weighted by molar-refractivity contribution is 6.33. The van der Waals surface area contributed by atoms with Crippen LogP contribution in [-0.2, 0) is 4.79 Å². The topological polar surface area (TPSA) is 65.5 Å². The summed E-state index contributed by atoms with van der Waals surface area (Å²) < 4.78 is 0. The molecule has 5 nitrogen and oxygen atoms in total. The molecule has 1 saturated heterocycles. The first-order valence-corrected chi connectivity index (χ1v) is 8.03. The van der Waals surface area contributed by atoms with E-state index in [-0.39, 0.29) is 0 Å². The van der Waals surface area contributed by atoms with Gasteiger partial charge in [-0.3, -0.25) is 0 Å². The summed E-state index contributed by atoms with van der Waals surface area (Å²) in [5, 5.41) is 12.5. The zero-order chi connectivity index (χ0) is 15.5. The number of hydrogen-bond donors (Lipinski definition) is 2. The average molecular weight is 322 g/mol. The molecule has 1 atom stereocenters. The molecule has 0 radical (unpaired) electrons. The second-order valence-electron chi connectivity index (χ2n) is 6.10. The van der Waals surface area contributed by atoms with E-state index in [0.29, 0.717) is 22.4 Å². The largest absolute Gasteiger partial charge is 0.478 e. The molecule has 118 valence electrons. The molecule has 2 heterocycles. The van der Waals surface area contributed by atoms with Crippen LogP contribution >= 0.6 is 11.6 Å². The van der Waals surface area contributed by atoms with Crippen LogP contribution in [0.5, 0.6) is 0 Å². The van der Waals surface area contributed by atoms with E-state index in [2.05, 4.69) is 15.2 Å². The minimum Gasteiger partial charge on any atom is -0.478 e. The summed E-state index contributed by atoms with van der Waals surface area (Å²) in [4.78, 5) is 17.3. The molecule has 1 aliphatic heterocycles. The van der Waals surface area contributed by atoms with Crippen LogP contribution in [-0.4, -0.2) is 46.6 Å². The number of anilines is 1. The molecular formula is C16H20ClN3O2. The lowest BCUT2D eigenvalue weighted by Crippen LogP contribution is -2.28. The molecular weight excluding hydrogens is 302 g/mol. The first-order valence-electron chi connectivity index (χ1n) is 7.65. The maximum atomic E-state index is 10.5. The van der Waals surface area contributed by atoms with Gasteiger partial charge in [0.15, 0.2) is 0 Å². The van der Waals surface area contributed by atoms with E-state index < -0.39 is 5.97 Å². The molecule has 22 heavy (non-hydrogen) atoms. The van der Waals surface area contributed by atoms with Gasteiger partial charge in [-0.25, -0.2) is 9.78 Å². The molecule has 2 N–H and O–H groups in total. The molecule has 6 heteroatoms. The molecule has 1 aliphatic carbocycles. The van der Waals surface area contributed by atoms with Crippen LogP contribution < -0.4 is 5.32 Å². The Kier molecular flexibility index (Phi) is 4.64. The quantitative estimate of drug-likeness (QED) is 0.789. The highest BCUT2D eigenvalue weighted by Crippen LogP contribution is 2.31. The molecule has 2 fully saturated rings. The fourth-order valence-corrected chi connectivity index (χ4v) is 3.02. The molecule has 3 rings (SSSR count). The molecule has 1 aromatic heterocycles. The van der Waals surface area contributed by atoms with Gasteiger partial charge in [-0.15, -0.1) is 0 Å². The minimum absolute atomic E-state index is 0.379. The van der Waals surface area contributed by atoms with Crippen LogP contribution in [0.25, 0.3) is 6.08 Å². The van der Waals surface area contributed by atoms with E-state index in [1.807, 2.05) is 0 Å². The predicted molar refractivity (Wildman–Crippen MR) is 87.1 cm³/mol. The van der Waals surface area contributed by atoms with Crippen molar-refractivity contribution in [3.05, 3.63) is 28.9 Å². The standard InChI is InChI=1S/C16H20ClN3O2/c17-14-7-12(3-4-15(21)22)8-18-16(14)19-13-5-6-20(10-13)9-11-1-2-11/h3-4,7-8,11,13H,1-2,5-6,9-10H2,(H,18,19)(H,21,22)/b4-3+/t13-/m1/s1. The van der Waals surface area contributed by atoms with E-state index in [9.17, 15) is 4.79 Å². The second-order valence-corrected chi connectivity index (χ2v) is 6.51. The summed E-state index contributed by atoms with van der Waals surface area (Å²) >= 11 is 6.23. The molecule has 0 unspecified atom stereocenters. The van der Waals surface area contributed by atoms with Crippen LogP contribution in [0.4, 0.5) is 5.82 Å². The summed E-state index contributed by atoms with van der Waals surface area (Å²) in [6, 6.07) is 2.11. The Morgan fingerprint density at radius 2 is 2.32 bits per heavy atom. The number of carboxylic acid groups (broad SMARTS) is 1. The van der Waals surface area contributed by atoms with Gasteiger partial charge in [-0.1, -0.05) is 11.6 Å². The number of carbonyl (C=O) groups is 1. The van der Waals surface area contributed by atoms with Crippen LogP contribution in [0, 0.1) is 5.92 Å². The van der Waals surface area contributed by atoms with Gasteiger partial charge in [-0.05, 0) is 42.9 Å². The number of nitrogens with one attached hydrogen (secondary N) is 1. The zero-order valence-corrected chi connectivity index (χ0v) is 13.1. The van der Waals surface area contributed by atoms with Gasteiger partial charge in [-0.2, -0.15) is 0 Å². The summed E-state index contributed by atoms with van der Waals surface area (Å²) in [6.07, 6.45) is 8.06. The van der Waals surface area contributed by atoms with Crippen molar-refractivity contribution in [3.8, 4) is 0 Å². The van der Waals surface area contributed by atoms with Crippen molar-refractivity contribution in [1.29, 1.82) is 0 Å². The maximum Gasteiger partial charge on any atom is 0.328 e. The van der Waals surface area contributed by atoms with Crippen molar-refractivity contribution in [2.24, 2.45) is 5.92 Å². The Hall–Kier alpha value is -1.59. The van der Waals surface area contributed by atoms with Gasteiger partial charge in [0.25, 0.3) is 0 Å². The van der Waals surface area contributed by atoms with Crippen molar-refractivity contribution in [2.45, 2.75) is 25.3 Å². The SMILES string of the molecule is O=C(O)/C=C/c1cnc(N[C@@H]2CCN(CC3CC3)C2)c(Cl)c1. The third-order valence-electron chi connectivity index (χ3n) is 4.11. The van der Waals surface area contributed by atoms with Gasteiger partial charge in [0.05, 0.1) is 5.02 Å². The Balaban J connectivity index is 1.57. The predicted octanol–water partition coefficient (Wildman–Crippen LogP) is 2.73. The van der Waals surface area contributed by atoms with Gasteiger partial charge >= 0.3 is 5.97 Å². The summed E-state index contributed by atoms with van der Waals surface area (Å²) in [7, 11) is 0.